The van der Waals surface area contributed by atoms with Gasteiger partial charge in [-0.25, -0.2) is 4.79 Å². The smallest absolute Gasteiger partial charge is 0.331 e. The van der Waals surface area contributed by atoms with Crippen LogP contribution in [0.4, 0.5) is 0 Å². The summed E-state index contributed by atoms with van der Waals surface area (Å²) < 4.78 is 0.709. The minimum atomic E-state index is -0.997. The largest absolute Gasteiger partial charge is 0.479 e. The van der Waals surface area contributed by atoms with Crippen molar-refractivity contribution in [1.29, 1.82) is 0 Å². The number of hydrogen-bond acceptors (Lipinski definition) is 3. The van der Waals surface area contributed by atoms with Crippen LogP contribution in [0.15, 0.2) is 40.2 Å². The predicted octanol–water partition coefficient (Wildman–Crippen LogP) is 3.33. The number of carboxylic acid groups (broad SMARTS) is 1. The summed E-state index contributed by atoms with van der Waals surface area (Å²) in [6.07, 6.45) is 0.675. The Morgan fingerprint density at radius 1 is 1.29 bits per heavy atom. The number of benzene rings is 1. The number of hydrogen-bond donors (Lipinski definition) is 1. The van der Waals surface area contributed by atoms with Gasteiger partial charge in [0, 0.05) is 11.0 Å². The topological polar surface area (TPSA) is 57.6 Å². The molecule has 0 aliphatic carbocycles. The highest BCUT2D eigenvalue weighted by Gasteiger charge is 2.36. The van der Waals surface area contributed by atoms with Crippen molar-refractivity contribution in [2.24, 2.45) is 0 Å². The highest BCUT2D eigenvalue weighted by Crippen LogP contribution is 2.33. The summed E-state index contributed by atoms with van der Waals surface area (Å²) in [5, 5.41) is 11.4. The van der Waals surface area contributed by atoms with Gasteiger partial charge in [0.05, 0.1) is 0 Å². The summed E-state index contributed by atoms with van der Waals surface area (Å²) in [7, 11) is 0. The predicted molar refractivity (Wildman–Crippen MR) is 83.6 cm³/mol. The molecule has 0 saturated carbocycles. The highest BCUT2D eigenvalue weighted by molar-refractivity contribution is 9.10. The van der Waals surface area contributed by atoms with Gasteiger partial charge >= 0.3 is 5.97 Å². The number of carbonyl (C=O) groups excluding carboxylic acids is 1. The molecule has 0 saturated heterocycles. The molecule has 3 rings (SSSR count). The molecule has 21 heavy (non-hydrogen) atoms. The average Bonchev–Trinajstić information content (AvgIpc) is 2.91. The van der Waals surface area contributed by atoms with Gasteiger partial charge < -0.3 is 10.0 Å². The maximum Gasteiger partial charge on any atom is 0.331 e. The standard InChI is InChI=1S/C15H12BrNO3S/c16-11-6-8-21-13(11)14(18)17-7-5-9-3-1-2-4-10(9)12(17)15(19)20/h1-4,6,8,12H,5,7H2,(H,19,20). The first-order valence-corrected chi connectivity index (χ1v) is 8.11. The number of carbonyl (C=O) groups is 2. The molecule has 1 aromatic heterocycles. The van der Waals surface area contributed by atoms with Crippen molar-refractivity contribution in [1.82, 2.24) is 4.90 Å². The van der Waals surface area contributed by atoms with Crippen LogP contribution in [0.3, 0.4) is 0 Å². The van der Waals surface area contributed by atoms with Gasteiger partial charge in [0.2, 0.25) is 0 Å². The first kappa shape index (κ1) is 14.3. The molecule has 1 atom stereocenters. The zero-order valence-electron chi connectivity index (χ0n) is 11.0. The molecule has 6 heteroatoms. The quantitative estimate of drug-likeness (QED) is 0.887. The summed E-state index contributed by atoms with van der Waals surface area (Å²) in [6, 6.07) is 8.29. The van der Waals surface area contributed by atoms with E-state index < -0.39 is 12.0 Å². The van der Waals surface area contributed by atoms with Gasteiger partial charge in [-0.1, -0.05) is 24.3 Å². The van der Waals surface area contributed by atoms with E-state index in [0.717, 1.165) is 5.56 Å². The maximum atomic E-state index is 12.6. The molecular formula is C15H12BrNO3S. The van der Waals surface area contributed by atoms with E-state index in [-0.39, 0.29) is 5.91 Å². The number of fused-ring (bicyclic) bond motifs is 1. The van der Waals surface area contributed by atoms with Gasteiger partial charge in [-0.05, 0) is 44.9 Å². The van der Waals surface area contributed by atoms with Gasteiger partial charge in [0.15, 0.2) is 6.04 Å². The SMILES string of the molecule is O=C(O)C1c2ccccc2CCN1C(=O)c1sccc1Br. The van der Waals surface area contributed by atoms with E-state index >= 15 is 0 Å². The highest BCUT2D eigenvalue weighted by atomic mass is 79.9. The van der Waals surface area contributed by atoms with E-state index in [4.69, 9.17) is 0 Å². The summed E-state index contributed by atoms with van der Waals surface area (Å²) in [5.41, 5.74) is 1.71. The molecule has 1 aliphatic rings. The summed E-state index contributed by atoms with van der Waals surface area (Å²) in [5.74, 6) is -1.23. The van der Waals surface area contributed by atoms with Crippen LogP contribution < -0.4 is 0 Å². The monoisotopic (exact) mass is 365 g/mol. The number of halogens is 1. The molecule has 4 nitrogen and oxygen atoms in total. The number of rotatable bonds is 2. The van der Waals surface area contributed by atoms with Crippen LogP contribution in [0.1, 0.15) is 26.8 Å². The Morgan fingerprint density at radius 3 is 2.71 bits per heavy atom. The molecule has 1 unspecified atom stereocenters. The fraction of sp³-hybridized carbons (Fsp3) is 0.200. The number of amides is 1. The zero-order chi connectivity index (χ0) is 15.0. The lowest BCUT2D eigenvalue weighted by molar-refractivity contribution is -0.143. The molecule has 2 aromatic rings. The van der Waals surface area contributed by atoms with Crippen LogP contribution in [0.2, 0.25) is 0 Å². The second kappa shape index (κ2) is 5.61. The Labute approximate surface area is 134 Å². The lowest BCUT2D eigenvalue weighted by Gasteiger charge is -2.34. The lowest BCUT2D eigenvalue weighted by atomic mass is 9.92. The Kier molecular flexibility index (Phi) is 3.82. The van der Waals surface area contributed by atoms with Crippen molar-refractivity contribution in [3.05, 3.63) is 56.2 Å². The minimum Gasteiger partial charge on any atom is -0.479 e. The lowest BCUT2D eigenvalue weighted by Crippen LogP contribution is -2.43. The Bertz CT molecular complexity index is 712. The molecule has 108 valence electrons. The van der Waals surface area contributed by atoms with Crippen molar-refractivity contribution in [3.8, 4) is 0 Å². The number of carboxylic acids is 1. The zero-order valence-corrected chi connectivity index (χ0v) is 13.4. The fourth-order valence-electron chi connectivity index (χ4n) is 2.63. The van der Waals surface area contributed by atoms with Crippen molar-refractivity contribution < 1.29 is 14.7 Å². The summed E-state index contributed by atoms with van der Waals surface area (Å²) >= 11 is 4.65. The van der Waals surface area contributed by atoms with Gasteiger partial charge in [0.25, 0.3) is 5.91 Å². The van der Waals surface area contributed by atoms with E-state index in [1.807, 2.05) is 23.6 Å². The maximum absolute atomic E-state index is 12.6. The second-order valence-electron chi connectivity index (χ2n) is 4.79. The van der Waals surface area contributed by atoms with Crippen LogP contribution in [0.25, 0.3) is 0 Å². The first-order chi connectivity index (χ1) is 10.1. The number of nitrogens with zero attached hydrogens (tertiary/aromatic N) is 1. The van der Waals surface area contributed by atoms with Crippen molar-refractivity contribution in [2.45, 2.75) is 12.5 Å². The third kappa shape index (κ3) is 2.49. The molecule has 1 amide bonds. The Morgan fingerprint density at radius 2 is 2.05 bits per heavy atom. The van der Waals surface area contributed by atoms with Gasteiger partial charge in [-0.15, -0.1) is 11.3 Å². The van der Waals surface area contributed by atoms with Gasteiger partial charge in [-0.3, -0.25) is 4.79 Å². The summed E-state index contributed by atoms with van der Waals surface area (Å²) in [6.45, 7) is 0.414. The molecule has 1 aliphatic heterocycles. The van der Waals surface area contributed by atoms with Crippen molar-refractivity contribution in [3.63, 3.8) is 0 Å². The van der Waals surface area contributed by atoms with E-state index in [0.29, 0.717) is 27.9 Å². The third-order valence-corrected chi connectivity index (χ3v) is 5.42. The van der Waals surface area contributed by atoms with Crippen LogP contribution in [0.5, 0.6) is 0 Å². The van der Waals surface area contributed by atoms with Crippen molar-refractivity contribution in [2.75, 3.05) is 6.54 Å². The van der Waals surface area contributed by atoms with E-state index in [1.165, 1.54) is 16.2 Å². The first-order valence-electron chi connectivity index (χ1n) is 6.44. The number of thiophene rings is 1. The van der Waals surface area contributed by atoms with Crippen molar-refractivity contribution >= 4 is 39.1 Å². The Balaban J connectivity index is 2.02. The molecule has 0 spiro atoms. The van der Waals surface area contributed by atoms with E-state index in [9.17, 15) is 14.7 Å². The fourth-order valence-corrected chi connectivity index (χ4v) is 4.12. The molecule has 0 fully saturated rings. The van der Waals surface area contributed by atoms with Crippen LogP contribution >= 0.6 is 27.3 Å². The third-order valence-electron chi connectivity index (χ3n) is 3.59. The summed E-state index contributed by atoms with van der Waals surface area (Å²) in [4.78, 5) is 26.3. The normalized spacial score (nSPS) is 17.4. The average molecular weight is 366 g/mol. The molecule has 0 radical (unpaired) electrons. The Hall–Kier alpha value is -1.66. The van der Waals surface area contributed by atoms with E-state index in [2.05, 4.69) is 15.9 Å². The number of aliphatic carboxylic acids is 1. The van der Waals surface area contributed by atoms with Gasteiger partial charge in [-0.2, -0.15) is 0 Å². The molecule has 1 aromatic carbocycles. The van der Waals surface area contributed by atoms with Crippen LogP contribution in [0, 0.1) is 0 Å². The molecule has 2 heterocycles. The van der Waals surface area contributed by atoms with Crippen LogP contribution in [-0.2, 0) is 11.2 Å². The molecule has 1 N–H and O–H groups in total. The molecular weight excluding hydrogens is 354 g/mol. The van der Waals surface area contributed by atoms with E-state index in [1.54, 1.807) is 12.1 Å². The van der Waals surface area contributed by atoms with Gasteiger partial charge in [0.1, 0.15) is 4.88 Å². The van der Waals surface area contributed by atoms with Crippen LogP contribution in [-0.4, -0.2) is 28.4 Å². The second-order valence-corrected chi connectivity index (χ2v) is 6.56. The minimum absolute atomic E-state index is 0.237. The molecule has 0 bridgehead atoms.